The minimum atomic E-state index is -6.45. The van der Waals surface area contributed by atoms with Crippen molar-refractivity contribution in [3.05, 3.63) is 59.2 Å². The van der Waals surface area contributed by atoms with Gasteiger partial charge in [0.05, 0.1) is 6.61 Å². The van der Waals surface area contributed by atoms with Gasteiger partial charge < -0.3 is 5.11 Å². The number of aliphatic hydroxyl groups is 1. The summed E-state index contributed by atoms with van der Waals surface area (Å²) in [5, 5.41) is 9.64. The van der Waals surface area contributed by atoms with Crippen LogP contribution in [0.15, 0.2) is 47.5 Å². The predicted molar refractivity (Wildman–Crippen MR) is 89.2 cm³/mol. The minimum Gasteiger partial charge on any atom is -0.395 e. The fourth-order valence-electron chi connectivity index (χ4n) is 3.43. The van der Waals surface area contributed by atoms with Crippen LogP contribution >= 0.6 is 0 Å². The highest BCUT2D eigenvalue weighted by molar-refractivity contribution is 6.07. The fraction of sp³-hybridized carbons (Fsp3) is 0.316. The van der Waals surface area contributed by atoms with E-state index in [1.165, 1.54) is 6.07 Å². The van der Waals surface area contributed by atoms with E-state index in [0.717, 1.165) is 19.2 Å². The summed E-state index contributed by atoms with van der Waals surface area (Å²) < 4.78 is 93.0. The Hall–Kier alpha value is -2.42. The third-order valence-corrected chi connectivity index (χ3v) is 4.78. The van der Waals surface area contributed by atoms with E-state index in [-0.39, 0.29) is 6.61 Å². The van der Waals surface area contributed by atoms with Gasteiger partial charge in [0, 0.05) is 18.5 Å². The normalized spacial score (nSPS) is 17.5. The molecule has 28 heavy (non-hydrogen) atoms. The van der Waals surface area contributed by atoms with E-state index >= 15 is 0 Å². The first-order valence-electron chi connectivity index (χ1n) is 8.11. The zero-order chi connectivity index (χ0) is 20.9. The molecule has 0 aliphatic heterocycles. The molecule has 9 heteroatoms. The van der Waals surface area contributed by atoms with Gasteiger partial charge in [0.15, 0.2) is 0 Å². The molecule has 1 aliphatic carbocycles. The number of nitrogens with zero attached hydrogens (tertiary/aromatic N) is 1. The van der Waals surface area contributed by atoms with Crippen LogP contribution in [-0.2, 0) is 0 Å². The Morgan fingerprint density at radius 2 is 1.54 bits per heavy atom. The largest absolute Gasteiger partial charge is 0.460 e. The van der Waals surface area contributed by atoms with Gasteiger partial charge in [-0.2, -0.15) is 30.7 Å². The molecule has 0 bridgehead atoms. The van der Waals surface area contributed by atoms with Gasteiger partial charge in [-0.1, -0.05) is 36.4 Å². The molecule has 150 valence electrons. The van der Waals surface area contributed by atoms with Gasteiger partial charge >= 0.3 is 18.0 Å². The van der Waals surface area contributed by atoms with E-state index < -0.39 is 35.2 Å². The molecule has 0 saturated carbocycles. The van der Waals surface area contributed by atoms with Crippen molar-refractivity contribution in [2.75, 3.05) is 13.7 Å². The molecule has 0 spiro atoms. The second-order valence-electron chi connectivity index (χ2n) is 6.34. The lowest BCUT2D eigenvalue weighted by molar-refractivity contribution is -0.336. The number of halogens is 7. The molecule has 2 aromatic rings. The molecule has 2 nitrogen and oxygen atoms in total. The lowest BCUT2D eigenvalue weighted by atomic mass is 9.93. The lowest BCUT2D eigenvalue weighted by Crippen LogP contribution is -2.56. The second-order valence-corrected chi connectivity index (χ2v) is 6.34. The average Bonchev–Trinajstić information content (AvgIpc) is 2.94. The van der Waals surface area contributed by atoms with Gasteiger partial charge in [0.2, 0.25) is 0 Å². The number of hydrogen-bond acceptors (Lipinski definition) is 2. The van der Waals surface area contributed by atoms with Gasteiger partial charge in [-0.3, -0.25) is 4.99 Å². The maximum atomic E-state index is 14.2. The van der Waals surface area contributed by atoms with Gasteiger partial charge in [0.1, 0.15) is 5.71 Å². The SMILES string of the molecule is C/N=C(/c1ccc2c(c1)-c1ccccc1C2CO)C(F)(F)C(F)(F)C(F)(F)F. The van der Waals surface area contributed by atoms with Crippen molar-refractivity contribution < 1.29 is 35.8 Å². The highest BCUT2D eigenvalue weighted by Crippen LogP contribution is 2.49. The lowest BCUT2D eigenvalue weighted by Gasteiger charge is -2.29. The van der Waals surface area contributed by atoms with Gasteiger partial charge in [0.25, 0.3) is 0 Å². The molecule has 0 amide bonds. The van der Waals surface area contributed by atoms with Crippen LogP contribution in [0.4, 0.5) is 30.7 Å². The maximum absolute atomic E-state index is 14.2. The smallest absolute Gasteiger partial charge is 0.395 e. The number of fused-ring (bicyclic) bond motifs is 3. The summed E-state index contributed by atoms with van der Waals surface area (Å²) in [6, 6.07) is 10.2. The number of hydrogen-bond donors (Lipinski definition) is 1. The standard InChI is InChI=1S/C19H14F7NO/c1-27-16(17(20,21)18(22,23)19(24,25)26)10-6-7-13-14(8-10)11-4-2-3-5-12(11)15(13)9-28/h2-8,15,28H,9H2,1H3/b27-16-. The molecule has 3 rings (SSSR count). The first-order valence-corrected chi connectivity index (χ1v) is 8.11. The highest BCUT2D eigenvalue weighted by Gasteiger charge is 2.74. The molecular formula is C19H14F7NO. The minimum absolute atomic E-state index is 0.277. The summed E-state index contributed by atoms with van der Waals surface area (Å²) in [6.07, 6.45) is -6.45. The third-order valence-electron chi connectivity index (χ3n) is 4.78. The number of aliphatic hydroxyl groups excluding tert-OH is 1. The van der Waals surface area contributed by atoms with Gasteiger partial charge in [-0.25, -0.2) is 0 Å². The zero-order valence-electron chi connectivity index (χ0n) is 14.4. The monoisotopic (exact) mass is 405 g/mol. The molecule has 0 aromatic heterocycles. The number of benzene rings is 2. The first-order chi connectivity index (χ1) is 13.0. The summed E-state index contributed by atoms with van der Waals surface area (Å²) in [5.74, 6) is -12.3. The topological polar surface area (TPSA) is 32.6 Å². The molecule has 0 heterocycles. The summed E-state index contributed by atoms with van der Waals surface area (Å²) in [6.45, 7) is -0.277. The molecule has 0 saturated heterocycles. The molecule has 1 unspecified atom stereocenters. The molecule has 2 aromatic carbocycles. The molecule has 0 radical (unpaired) electrons. The van der Waals surface area contributed by atoms with Crippen LogP contribution in [0.25, 0.3) is 11.1 Å². The average molecular weight is 405 g/mol. The highest BCUT2D eigenvalue weighted by atomic mass is 19.4. The maximum Gasteiger partial charge on any atom is 0.460 e. The first kappa shape index (κ1) is 20.3. The van der Waals surface area contributed by atoms with E-state index in [4.69, 9.17) is 0 Å². The van der Waals surface area contributed by atoms with Crippen LogP contribution in [0, 0.1) is 0 Å². The second kappa shape index (κ2) is 6.58. The van der Waals surface area contributed by atoms with Crippen LogP contribution in [0.1, 0.15) is 22.6 Å². The Balaban J connectivity index is 2.14. The van der Waals surface area contributed by atoms with Gasteiger partial charge in [-0.05, 0) is 28.3 Å². The van der Waals surface area contributed by atoms with Crippen LogP contribution in [0.5, 0.6) is 0 Å². The molecule has 0 fully saturated rings. The van der Waals surface area contributed by atoms with E-state index in [1.807, 2.05) is 0 Å². The van der Waals surface area contributed by atoms with E-state index in [0.29, 0.717) is 22.3 Å². The number of rotatable bonds is 4. The van der Waals surface area contributed by atoms with Crippen molar-refractivity contribution in [3.63, 3.8) is 0 Å². The van der Waals surface area contributed by atoms with Gasteiger partial charge in [-0.15, -0.1) is 0 Å². The van der Waals surface area contributed by atoms with Crippen molar-refractivity contribution >= 4 is 5.71 Å². The van der Waals surface area contributed by atoms with Crippen LogP contribution < -0.4 is 0 Å². The number of aliphatic imine (C=N–C) groups is 1. The van der Waals surface area contributed by atoms with E-state index in [2.05, 4.69) is 4.99 Å². The molecule has 1 atom stereocenters. The Bertz CT molecular complexity index is 934. The Morgan fingerprint density at radius 3 is 2.11 bits per heavy atom. The van der Waals surface area contributed by atoms with Crippen LogP contribution in [0.3, 0.4) is 0 Å². The van der Waals surface area contributed by atoms with Crippen molar-refractivity contribution in [1.29, 1.82) is 0 Å². The third kappa shape index (κ3) is 2.80. The quantitative estimate of drug-likeness (QED) is 0.561. The van der Waals surface area contributed by atoms with Crippen molar-refractivity contribution in [3.8, 4) is 11.1 Å². The zero-order valence-corrected chi connectivity index (χ0v) is 14.4. The Labute approximate surface area is 155 Å². The van der Waals surface area contributed by atoms with Crippen molar-refractivity contribution in [1.82, 2.24) is 0 Å². The van der Waals surface area contributed by atoms with Crippen LogP contribution in [-0.4, -0.2) is 42.5 Å². The molecule has 1 aliphatic rings. The molecule has 1 N–H and O–H groups in total. The van der Waals surface area contributed by atoms with Crippen LogP contribution in [0.2, 0.25) is 0 Å². The fourth-order valence-corrected chi connectivity index (χ4v) is 3.43. The Kier molecular flexibility index (Phi) is 4.77. The molecular weight excluding hydrogens is 391 g/mol. The van der Waals surface area contributed by atoms with Crippen molar-refractivity contribution in [2.45, 2.75) is 23.9 Å². The van der Waals surface area contributed by atoms with E-state index in [1.54, 1.807) is 24.3 Å². The summed E-state index contributed by atoms with van der Waals surface area (Å²) in [7, 11) is 0.730. The predicted octanol–water partition coefficient (Wildman–Crippen LogP) is 5.04. The van der Waals surface area contributed by atoms with E-state index in [9.17, 15) is 35.8 Å². The summed E-state index contributed by atoms with van der Waals surface area (Å²) in [5.41, 5.74) is 0.0126. The Morgan fingerprint density at radius 1 is 0.929 bits per heavy atom. The summed E-state index contributed by atoms with van der Waals surface area (Å²) >= 11 is 0. The van der Waals surface area contributed by atoms with Crippen molar-refractivity contribution in [2.24, 2.45) is 4.99 Å². The number of alkyl halides is 7. The summed E-state index contributed by atoms with van der Waals surface area (Å²) in [4.78, 5) is 3.07.